The van der Waals surface area contributed by atoms with E-state index < -0.39 is 0 Å². The lowest BCUT2D eigenvalue weighted by Crippen LogP contribution is -2.25. The van der Waals surface area contributed by atoms with Crippen molar-refractivity contribution in [2.24, 2.45) is 0 Å². The summed E-state index contributed by atoms with van der Waals surface area (Å²) >= 11 is 3.46. The quantitative estimate of drug-likeness (QED) is 0.757. The minimum Gasteiger partial charge on any atom is -0.395 e. The molecular formula is C14H22BrN5O. The van der Waals surface area contributed by atoms with Crippen LogP contribution in [0.4, 0.5) is 5.82 Å². The van der Waals surface area contributed by atoms with E-state index in [0.717, 1.165) is 41.9 Å². The van der Waals surface area contributed by atoms with Crippen LogP contribution in [0.1, 0.15) is 19.8 Å². The van der Waals surface area contributed by atoms with Gasteiger partial charge in [0.1, 0.15) is 16.4 Å². The van der Waals surface area contributed by atoms with Crippen LogP contribution < -0.4 is 5.32 Å². The standard InChI is InChI=1S/C14H22BrN5O/c1-11(4-3-7-19(2)8-9-21)18-14-12-5-6-13(15)20(12)17-10-16-14/h5-6,10-11,21H,3-4,7-9H2,1-2H3,(H,16,17,18). The molecule has 0 aliphatic carbocycles. The summed E-state index contributed by atoms with van der Waals surface area (Å²) in [5.74, 6) is 0.854. The van der Waals surface area contributed by atoms with Gasteiger partial charge in [-0.05, 0) is 61.4 Å². The fraction of sp³-hybridized carbons (Fsp3) is 0.571. The van der Waals surface area contributed by atoms with Crippen molar-refractivity contribution < 1.29 is 5.11 Å². The van der Waals surface area contributed by atoms with E-state index >= 15 is 0 Å². The lowest BCUT2D eigenvalue weighted by atomic mass is 10.2. The van der Waals surface area contributed by atoms with Gasteiger partial charge in [-0.15, -0.1) is 0 Å². The number of nitrogens with zero attached hydrogens (tertiary/aromatic N) is 4. The van der Waals surface area contributed by atoms with Crippen LogP contribution >= 0.6 is 15.9 Å². The van der Waals surface area contributed by atoms with Gasteiger partial charge in [0.25, 0.3) is 0 Å². The summed E-state index contributed by atoms with van der Waals surface area (Å²) in [5.41, 5.74) is 0.966. The Morgan fingerprint density at radius 1 is 1.43 bits per heavy atom. The van der Waals surface area contributed by atoms with E-state index in [1.54, 1.807) is 6.33 Å². The number of aromatic nitrogens is 3. The predicted octanol–water partition coefficient (Wildman–Crippen LogP) is 2.00. The van der Waals surface area contributed by atoms with Crippen molar-refractivity contribution in [2.75, 3.05) is 32.1 Å². The Kier molecular flexibility index (Phi) is 5.96. The Labute approximate surface area is 133 Å². The van der Waals surface area contributed by atoms with Crippen LogP contribution in [0, 0.1) is 0 Å². The first-order valence-corrected chi connectivity index (χ1v) is 7.95. The number of hydrogen-bond donors (Lipinski definition) is 2. The van der Waals surface area contributed by atoms with E-state index in [9.17, 15) is 0 Å². The smallest absolute Gasteiger partial charge is 0.154 e. The van der Waals surface area contributed by atoms with Gasteiger partial charge in [-0.2, -0.15) is 5.10 Å². The topological polar surface area (TPSA) is 65.7 Å². The molecule has 2 aromatic rings. The molecule has 0 amide bonds. The van der Waals surface area contributed by atoms with Gasteiger partial charge in [0.15, 0.2) is 5.82 Å². The zero-order chi connectivity index (χ0) is 15.2. The van der Waals surface area contributed by atoms with E-state index in [2.05, 4.69) is 43.2 Å². The summed E-state index contributed by atoms with van der Waals surface area (Å²) in [6.45, 7) is 4.09. The molecule has 21 heavy (non-hydrogen) atoms. The SMILES string of the molecule is CC(CCCN(C)CCO)Nc1ncnn2c(Br)ccc12. The highest BCUT2D eigenvalue weighted by molar-refractivity contribution is 9.10. The van der Waals surface area contributed by atoms with Gasteiger partial charge in [0.05, 0.1) is 6.61 Å². The maximum Gasteiger partial charge on any atom is 0.154 e. The lowest BCUT2D eigenvalue weighted by Gasteiger charge is -2.18. The van der Waals surface area contributed by atoms with E-state index in [1.807, 2.05) is 23.7 Å². The number of nitrogens with one attached hydrogen (secondary N) is 1. The zero-order valence-corrected chi connectivity index (χ0v) is 14.0. The zero-order valence-electron chi connectivity index (χ0n) is 12.5. The van der Waals surface area contributed by atoms with Gasteiger partial charge >= 0.3 is 0 Å². The van der Waals surface area contributed by atoms with Gasteiger partial charge in [-0.25, -0.2) is 9.50 Å². The summed E-state index contributed by atoms with van der Waals surface area (Å²) < 4.78 is 2.73. The molecule has 2 N–H and O–H groups in total. The molecule has 2 heterocycles. The molecule has 2 rings (SSSR count). The molecule has 0 radical (unpaired) electrons. The summed E-state index contributed by atoms with van der Waals surface area (Å²) in [6.07, 6.45) is 3.69. The van der Waals surface area contributed by atoms with Crippen molar-refractivity contribution in [3.63, 3.8) is 0 Å². The normalized spacial score (nSPS) is 13.0. The third kappa shape index (κ3) is 4.39. The number of fused-ring (bicyclic) bond motifs is 1. The van der Waals surface area contributed by atoms with Crippen molar-refractivity contribution in [1.29, 1.82) is 0 Å². The molecule has 1 unspecified atom stereocenters. The molecule has 0 saturated carbocycles. The fourth-order valence-electron chi connectivity index (χ4n) is 2.27. The number of rotatable bonds is 8. The highest BCUT2D eigenvalue weighted by Gasteiger charge is 2.09. The highest BCUT2D eigenvalue weighted by Crippen LogP contribution is 2.20. The van der Waals surface area contributed by atoms with Crippen molar-refractivity contribution >= 4 is 27.3 Å². The van der Waals surface area contributed by atoms with Crippen LogP contribution in [-0.2, 0) is 0 Å². The van der Waals surface area contributed by atoms with Crippen molar-refractivity contribution in [3.05, 3.63) is 23.1 Å². The molecule has 2 aromatic heterocycles. The number of halogens is 1. The first-order valence-electron chi connectivity index (χ1n) is 7.16. The molecule has 0 aliphatic rings. The Morgan fingerprint density at radius 2 is 2.24 bits per heavy atom. The van der Waals surface area contributed by atoms with E-state index in [-0.39, 0.29) is 6.61 Å². The third-order valence-corrected chi connectivity index (χ3v) is 4.05. The molecule has 116 valence electrons. The fourth-order valence-corrected chi connectivity index (χ4v) is 2.68. The number of hydrogen-bond acceptors (Lipinski definition) is 5. The Bertz CT molecular complexity index is 573. The molecule has 0 aromatic carbocycles. The minimum absolute atomic E-state index is 0.215. The molecule has 0 bridgehead atoms. The summed E-state index contributed by atoms with van der Waals surface area (Å²) in [5, 5.41) is 16.5. The van der Waals surface area contributed by atoms with Crippen LogP contribution in [0.5, 0.6) is 0 Å². The van der Waals surface area contributed by atoms with E-state index in [4.69, 9.17) is 5.11 Å². The summed E-state index contributed by atoms with van der Waals surface area (Å²) in [4.78, 5) is 6.46. The largest absolute Gasteiger partial charge is 0.395 e. The summed E-state index contributed by atoms with van der Waals surface area (Å²) in [7, 11) is 2.03. The maximum atomic E-state index is 8.87. The number of likely N-dealkylation sites (N-methyl/N-ethyl adjacent to an activating group) is 1. The summed E-state index contributed by atoms with van der Waals surface area (Å²) in [6, 6.07) is 4.29. The molecular weight excluding hydrogens is 334 g/mol. The first-order chi connectivity index (χ1) is 10.1. The van der Waals surface area contributed by atoms with E-state index in [0.29, 0.717) is 6.04 Å². The second kappa shape index (κ2) is 7.72. The van der Waals surface area contributed by atoms with E-state index in [1.165, 1.54) is 0 Å². The second-order valence-electron chi connectivity index (χ2n) is 5.28. The van der Waals surface area contributed by atoms with Gasteiger partial charge in [-0.1, -0.05) is 0 Å². The van der Waals surface area contributed by atoms with Crippen molar-refractivity contribution in [2.45, 2.75) is 25.8 Å². The Balaban J connectivity index is 1.88. The molecule has 7 heteroatoms. The first kappa shape index (κ1) is 16.2. The minimum atomic E-state index is 0.215. The molecule has 6 nitrogen and oxygen atoms in total. The van der Waals surface area contributed by atoms with Crippen LogP contribution in [0.25, 0.3) is 5.52 Å². The van der Waals surface area contributed by atoms with Gasteiger partial charge in [0.2, 0.25) is 0 Å². The third-order valence-electron chi connectivity index (χ3n) is 3.45. The van der Waals surface area contributed by atoms with Crippen molar-refractivity contribution in [1.82, 2.24) is 19.5 Å². The van der Waals surface area contributed by atoms with Crippen LogP contribution in [0.2, 0.25) is 0 Å². The van der Waals surface area contributed by atoms with Crippen LogP contribution in [0.15, 0.2) is 23.1 Å². The average molecular weight is 356 g/mol. The van der Waals surface area contributed by atoms with Crippen LogP contribution in [-0.4, -0.2) is 57.4 Å². The molecule has 0 saturated heterocycles. The molecule has 1 atom stereocenters. The molecule has 0 aliphatic heterocycles. The maximum absolute atomic E-state index is 8.87. The lowest BCUT2D eigenvalue weighted by molar-refractivity contribution is 0.219. The average Bonchev–Trinajstić information content (AvgIpc) is 2.82. The number of aliphatic hydroxyl groups excluding tert-OH is 1. The van der Waals surface area contributed by atoms with Gasteiger partial charge in [-0.3, -0.25) is 0 Å². The highest BCUT2D eigenvalue weighted by atomic mass is 79.9. The Hall–Kier alpha value is -1.18. The Morgan fingerprint density at radius 3 is 3.00 bits per heavy atom. The second-order valence-corrected chi connectivity index (χ2v) is 6.09. The van der Waals surface area contributed by atoms with Crippen molar-refractivity contribution in [3.8, 4) is 0 Å². The molecule has 0 fully saturated rings. The number of anilines is 1. The number of aliphatic hydroxyl groups is 1. The van der Waals surface area contributed by atoms with Gasteiger partial charge < -0.3 is 15.3 Å². The predicted molar refractivity (Wildman–Crippen MR) is 87.6 cm³/mol. The monoisotopic (exact) mass is 355 g/mol. The van der Waals surface area contributed by atoms with Gasteiger partial charge in [0, 0.05) is 12.6 Å². The molecule has 0 spiro atoms. The van der Waals surface area contributed by atoms with Crippen LogP contribution in [0.3, 0.4) is 0 Å².